The molecular weight excluding hydrogens is 402 g/mol. The quantitative estimate of drug-likeness (QED) is 0.368. The molecular formula is C24H18ClNO4. The van der Waals surface area contributed by atoms with Crippen LogP contribution in [0.5, 0.6) is 5.75 Å². The summed E-state index contributed by atoms with van der Waals surface area (Å²) in [6, 6.07) is 21.6. The standard InChI is InChI=1S/C24H18ClNO4/c1-30-19-13-6-5-12-18(19)21-20(22(27)15-8-3-2-4-9-15)23(28)24(29)26(21)17-11-7-10-16(25)14-17/h2-14,21,27H,1H3/b22-20+/t21-/m1/s1. The van der Waals surface area contributed by atoms with Crippen molar-refractivity contribution in [1.29, 1.82) is 0 Å². The maximum atomic E-state index is 13.1. The molecule has 0 aliphatic carbocycles. The van der Waals surface area contributed by atoms with Gasteiger partial charge in [0.25, 0.3) is 11.7 Å². The Bertz CT molecular complexity index is 1160. The van der Waals surface area contributed by atoms with Gasteiger partial charge in [-0.05, 0) is 24.3 Å². The molecule has 150 valence electrons. The number of anilines is 1. The van der Waals surface area contributed by atoms with E-state index in [0.717, 1.165) is 0 Å². The first-order valence-corrected chi connectivity index (χ1v) is 9.65. The highest BCUT2D eigenvalue weighted by Crippen LogP contribution is 2.45. The molecule has 30 heavy (non-hydrogen) atoms. The molecule has 4 rings (SSSR count). The third-order valence-corrected chi connectivity index (χ3v) is 5.25. The summed E-state index contributed by atoms with van der Waals surface area (Å²) in [4.78, 5) is 27.5. The van der Waals surface area contributed by atoms with Crippen LogP contribution in [-0.4, -0.2) is 23.9 Å². The minimum atomic E-state index is -0.875. The molecule has 1 heterocycles. The number of carbonyl (C=O) groups is 2. The molecule has 5 nitrogen and oxygen atoms in total. The second kappa shape index (κ2) is 8.05. The molecule has 1 aliphatic rings. The maximum absolute atomic E-state index is 13.1. The number of methoxy groups -OCH3 is 1. The summed E-state index contributed by atoms with van der Waals surface area (Å²) in [6.07, 6.45) is 0. The van der Waals surface area contributed by atoms with E-state index in [9.17, 15) is 14.7 Å². The molecule has 3 aromatic rings. The molecule has 3 aromatic carbocycles. The van der Waals surface area contributed by atoms with Crippen molar-refractivity contribution < 1.29 is 19.4 Å². The largest absolute Gasteiger partial charge is 0.507 e. The topological polar surface area (TPSA) is 66.8 Å². The SMILES string of the molecule is COc1ccccc1[C@@H]1/C(=C(\O)c2ccccc2)C(=O)C(=O)N1c1cccc(Cl)c1. The first-order valence-electron chi connectivity index (χ1n) is 9.28. The van der Waals surface area contributed by atoms with E-state index in [0.29, 0.717) is 27.6 Å². The zero-order valence-corrected chi connectivity index (χ0v) is 16.8. The van der Waals surface area contributed by atoms with E-state index in [1.807, 2.05) is 0 Å². The minimum absolute atomic E-state index is 0.00400. The number of halogens is 1. The number of aliphatic hydroxyl groups is 1. The number of Topliss-reactive ketones (excluding diaryl/α,β-unsaturated/α-hetero) is 1. The van der Waals surface area contributed by atoms with Crippen molar-refractivity contribution in [3.05, 3.63) is 101 Å². The summed E-state index contributed by atoms with van der Waals surface area (Å²) in [7, 11) is 1.52. The van der Waals surface area contributed by atoms with Gasteiger partial charge in [0.05, 0.1) is 18.7 Å². The maximum Gasteiger partial charge on any atom is 0.300 e. The molecule has 1 aliphatic heterocycles. The van der Waals surface area contributed by atoms with Crippen molar-refractivity contribution in [2.75, 3.05) is 12.0 Å². The predicted octanol–water partition coefficient (Wildman–Crippen LogP) is 4.97. The van der Waals surface area contributed by atoms with E-state index in [1.165, 1.54) is 12.0 Å². The lowest BCUT2D eigenvalue weighted by Crippen LogP contribution is -2.29. The Hall–Kier alpha value is -3.57. The van der Waals surface area contributed by atoms with E-state index in [2.05, 4.69) is 0 Å². The van der Waals surface area contributed by atoms with Crippen LogP contribution < -0.4 is 9.64 Å². The Kier molecular flexibility index (Phi) is 5.29. The van der Waals surface area contributed by atoms with Crippen LogP contribution in [0.15, 0.2) is 84.4 Å². The van der Waals surface area contributed by atoms with E-state index >= 15 is 0 Å². The first kappa shape index (κ1) is 19.7. The summed E-state index contributed by atoms with van der Waals surface area (Å²) in [6.45, 7) is 0. The van der Waals surface area contributed by atoms with Crippen molar-refractivity contribution in [2.45, 2.75) is 6.04 Å². The van der Waals surface area contributed by atoms with Gasteiger partial charge in [0.15, 0.2) is 0 Å². The third-order valence-electron chi connectivity index (χ3n) is 5.01. The fourth-order valence-electron chi connectivity index (χ4n) is 3.66. The summed E-state index contributed by atoms with van der Waals surface area (Å²) < 4.78 is 5.49. The number of aliphatic hydroxyl groups excluding tert-OH is 1. The zero-order valence-electron chi connectivity index (χ0n) is 16.1. The number of amides is 1. The molecule has 1 N–H and O–H groups in total. The van der Waals surface area contributed by atoms with Crippen LogP contribution >= 0.6 is 11.6 Å². The molecule has 0 radical (unpaired) electrons. The van der Waals surface area contributed by atoms with E-state index in [-0.39, 0.29) is 11.3 Å². The van der Waals surface area contributed by atoms with Crippen molar-refractivity contribution in [3.63, 3.8) is 0 Å². The van der Waals surface area contributed by atoms with Gasteiger partial charge in [-0.3, -0.25) is 14.5 Å². The van der Waals surface area contributed by atoms with Crippen LogP contribution in [0, 0.1) is 0 Å². The van der Waals surface area contributed by atoms with Gasteiger partial charge in [-0.1, -0.05) is 66.2 Å². The average Bonchev–Trinajstić information content (AvgIpc) is 3.04. The van der Waals surface area contributed by atoms with Crippen molar-refractivity contribution >= 4 is 34.7 Å². The van der Waals surface area contributed by atoms with Gasteiger partial charge in [-0.2, -0.15) is 0 Å². The van der Waals surface area contributed by atoms with E-state index < -0.39 is 17.7 Å². The molecule has 1 saturated heterocycles. The second-order valence-electron chi connectivity index (χ2n) is 6.76. The van der Waals surface area contributed by atoms with Gasteiger partial charge in [0, 0.05) is 21.8 Å². The van der Waals surface area contributed by atoms with Gasteiger partial charge in [-0.15, -0.1) is 0 Å². The average molecular weight is 420 g/mol. The number of benzene rings is 3. The van der Waals surface area contributed by atoms with Crippen molar-refractivity contribution in [2.24, 2.45) is 0 Å². The molecule has 0 spiro atoms. The lowest BCUT2D eigenvalue weighted by Gasteiger charge is -2.26. The number of para-hydroxylation sites is 1. The van der Waals surface area contributed by atoms with Gasteiger partial charge in [-0.25, -0.2) is 0 Å². The Morgan fingerprint density at radius 2 is 1.67 bits per heavy atom. The number of nitrogens with zero attached hydrogens (tertiary/aromatic N) is 1. The highest BCUT2D eigenvalue weighted by molar-refractivity contribution is 6.51. The molecule has 0 unspecified atom stereocenters. The van der Waals surface area contributed by atoms with Crippen LogP contribution in [0.4, 0.5) is 5.69 Å². The monoisotopic (exact) mass is 419 g/mol. The fraction of sp³-hybridized carbons (Fsp3) is 0.0833. The van der Waals surface area contributed by atoms with Crippen molar-refractivity contribution in [1.82, 2.24) is 0 Å². The summed E-state index contributed by atoms with van der Waals surface area (Å²) in [5.74, 6) is -1.26. The number of rotatable bonds is 4. The molecule has 0 saturated carbocycles. The minimum Gasteiger partial charge on any atom is -0.507 e. The summed E-state index contributed by atoms with van der Waals surface area (Å²) in [5, 5.41) is 11.5. The Morgan fingerprint density at radius 3 is 2.37 bits per heavy atom. The fourth-order valence-corrected chi connectivity index (χ4v) is 3.85. The molecule has 1 amide bonds. The number of ketones is 1. The first-order chi connectivity index (χ1) is 14.5. The third kappa shape index (κ3) is 3.33. The van der Waals surface area contributed by atoms with Gasteiger partial charge in [0.1, 0.15) is 11.5 Å². The lowest BCUT2D eigenvalue weighted by molar-refractivity contribution is -0.132. The smallest absolute Gasteiger partial charge is 0.300 e. The summed E-state index contributed by atoms with van der Waals surface area (Å²) >= 11 is 6.15. The van der Waals surface area contributed by atoms with E-state index in [1.54, 1.807) is 78.9 Å². The molecule has 6 heteroatoms. The number of ether oxygens (including phenoxy) is 1. The number of hydrogen-bond donors (Lipinski definition) is 1. The molecule has 0 aromatic heterocycles. The lowest BCUT2D eigenvalue weighted by atomic mass is 9.94. The van der Waals surface area contributed by atoms with Crippen molar-refractivity contribution in [3.8, 4) is 5.75 Å². The van der Waals surface area contributed by atoms with Gasteiger partial charge in [0.2, 0.25) is 0 Å². The Balaban J connectivity index is 2.00. The van der Waals surface area contributed by atoms with Crippen LogP contribution in [-0.2, 0) is 9.59 Å². The van der Waals surface area contributed by atoms with E-state index in [4.69, 9.17) is 16.3 Å². The normalized spacial score (nSPS) is 17.9. The zero-order chi connectivity index (χ0) is 21.3. The highest BCUT2D eigenvalue weighted by Gasteiger charge is 2.47. The van der Waals surface area contributed by atoms with Crippen LogP contribution in [0.25, 0.3) is 5.76 Å². The van der Waals surface area contributed by atoms with Gasteiger partial charge >= 0.3 is 0 Å². The van der Waals surface area contributed by atoms with Crippen LogP contribution in [0.1, 0.15) is 17.2 Å². The van der Waals surface area contributed by atoms with Crippen LogP contribution in [0.2, 0.25) is 5.02 Å². The van der Waals surface area contributed by atoms with Gasteiger partial charge < -0.3 is 9.84 Å². The summed E-state index contributed by atoms with van der Waals surface area (Å²) in [5.41, 5.74) is 1.47. The molecule has 1 fully saturated rings. The Labute approximate surface area is 178 Å². The second-order valence-corrected chi connectivity index (χ2v) is 7.19. The highest BCUT2D eigenvalue weighted by atomic mass is 35.5. The number of carbonyl (C=O) groups excluding carboxylic acids is 2. The molecule has 1 atom stereocenters. The predicted molar refractivity (Wildman–Crippen MR) is 116 cm³/mol. The molecule has 0 bridgehead atoms. The van der Waals surface area contributed by atoms with Crippen LogP contribution in [0.3, 0.4) is 0 Å². The Morgan fingerprint density at radius 1 is 0.967 bits per heavy atom. The number of hydrogen-bond acceptors (Lipinski definition) is 4.